The lowest BCUT2D eigenvalue weighted by Crippen LogP contribution is -2.33. The van der Waals surface area contributed by atoms with Crippen molar-refractivity contribution in [1.82, 2.24) is 0 Å². The van der Waals surface area contributed by atoms with Crippen LogP contribution in [0.2, 0.25) is 0 Å². The van der Waals surface area contributed by atoms with Gasteiger partial charge >= 0.3 is 0 Å². The number of ether oxygens (including phenoxy) is 1. The van der Waals surface area contributed by atoms with Crippen molar-refractivity contribution in [3.8, 4) is 5.75 Å². The van der Waals surface area contributed by atoms with Crippen molar-refractivity contribution in [2.45, 2.75) is 47.0 Å². The average Bonchev–Trinajstić information content (AvgIpc) is 2.28. The highest BCUT2D eigenvalue weighted by atomic mass is 16.5. The van der Waals surface area contributed by atoms with E-state index in [1.165, 1.54) is 5.56 Å². The molecule has 0 bridgehead atoms. The van der Waals surface area contributed by atoms with Gasteiger partial charge in [-0.05, 0) is 35.4 Å². The summed E-state index contributed by atoms with van der Waals surface area (Å²) in [6.45, 7) is 13.5. The van der Waals surface area contributed by atoms with E-state index in [1.54, 1.807) is 7.11 Å². The van der Waals surface area contributed by atoms with Crippen LogP contribution in [0.15, 0.2) is 24.3 Å². The van der Waals surface area contributed by atoms with Gasteiger partial charge in [0.05, 0.1) is 7.11 Å². The predicted molar refractivity (Wildman–Crippen MR) is 80.2 cm³/mol. The molecule has 0 saturated heterocycles. The fourth-order valence-electron chi connectivity index (χ4n) is 1.87. The maximum absolute atomic E-state index is 5.40. The van der Waals surface area contributed by atoms with Crippen LogP contribution in [0.4, 0.5) is 0 Å². The summed E-state index contributed by atoms with van der Waals surface area (Å²) in [7, 11) is 1.72. The summed E-state index contributed by atoms with van der Waals surface area (Å²) in [6, 6.07) is 6.49. The number of hydrogen-bond acceptors (Lipinski definition) is 1. The van der Waals surface area contributed by atoms with Gasteiger partial charge < -0.3 is 4.74 Å². The molecule has 100 valence electrons. The van der Waals surface area contributed by atoms with Gasteiger partial charge in [0.1, 0.15) is 5.75 Å². The Hall–Kier alpha value is -1.24. The SMILES string of the molecule is CC=Cc1cc(C(C)(C)C(C)(C)C)ccc1OC. The van der Waals surface area contributed by atoms with Crippen molar-refractivity contribution in [1.29, 1.82) is 0 Å². The van der Waals surface area contributed by atoms with Gasteiger partial charge in [0, 0.05) is 5.56 Å². The van der Waals surface area contributed by atoms with Gasteiger partial charge in [-0.2, -0.15) is 0 Å². The van der Waals surface area contributed by atoms with Gasteiger partial charge in [-0.3, -0.25) is 0 Å². The minimum absolute atomic E-state index is 0.121. The van der Waals surface area contributed by atoms with E-state index in [1.807, 2.05) is 13.0 Å². The van der Waals surface area contributed by atoms with Crippen LogP contribution < -0.4 is 4.74 Å². The average molecular weight is 246 g/mol. The standard InChI is InChI=1S/C17H26O/c1-8-9-13-12-14(10-11-15(13)18-7)17(5,6)16(2,3)4/h8-12H,1-7H3. The molecule has 0 heterocycles. The molecule has 0 aliphatic heterocycles. The molecular formula is C17H26O. The molecule has 0 fully saturated rings. The summed E-state index contributed by atoms with van der Waals surface area (Å²) in [5, 5.41) is 0. The molecule has 18 heavy (non-hydrogen) atoms. The number of rotatable bonds is 3. The molecular weight excluding hydrogens is 220 g/mol. The minimum atomic E-state index is 0.121. The molecule has 0 amide bonds. The summed E-state index contributed by atoms with van der Waals surface area (Å²) in [4.78, 5) is 0. The summed E-state index contributed by atoms with van der Waals surface area (Å²) in [6.07, 6.45) is 4.15. The van der Waals surface area contributed by atoms with Gasteiger partial charge in [0.25, 0.3) is 0 Å². The van der Waals surface area contributed by atoms with E-state index in [0.29, 0.717) is 0 Å². The van der Waals surface area contributed by atoms with E-state index in [4.69, 9.17) is 4.74 Å². The van der Waals surface area contributed by atoms with Crippen LogP contribution in [0.3, 0.4) is 0 Å². The fraction of sp³-hybridized carbons (Fsp3) is 0.529. The molecule has 0 aliphatic rings. The lowest BCUT2D eigenvalue weighted by Gasteiger charge is -2.39. The summed E-state index contributed by atoms with van der Waals surface area (Å²) >= 11 is 0. The van der Waals surface area contributed by atoms with E-state index in [2.05, 4.69) is 58.9 Å². The Labute approximate surface area is 112 Å². The molecule has 0 atom stereocenters. The second kappa shape index (κ2) is 5.17. The Morgan fingerprint density at radius 1 is 1.06 bits per heavy atom. The second-order valence-electron chi connectivity index (χ2n) is 6.33. The van der Waals surface area contributed by atoms with Crippen molar-refractivity contribution in [3.05, 3.63) is 35.4 Å². The van der Waals surface area contributed by atoms with Crippen molar-refractivity contribution < 1.29 is 4.74 Å². The second-order valence-corrected chi connectivity index (χ2v) is 6.33. The third kappa shape index (κ3) is 2.77. The predicted octanol–water partition coefficient (Wildman–Crippen LogP) is 5.05. The first kappa shape index (κ1) is 14.8. The van der Waals surface area contributed by atoms with Gasteiger partial charge in [-0.15, -0.1) is 0 Å². The zero-order valence-electron chi connectivity index (χ0n) is 12.8. The molecule has 0 aromatic heterocycles. The monoisotopic (exact) mass is 246 g/mol. The van der Waals surface area contributed by atoms with Crippen LogP contribution in [-0.2, 0) is 5.41 Å². The van der Waals surface area contributed by atoms with Crippen LogP contribution in [0, 0.1) is 5.41 Å². The lowest BCUT2D eigenvalue weighted by molar-refractivity contribution is 0.225. The van der Waals surface area contributed by atoms with E-state index in [9.17, 15) is 0 Å². The number of allylic oxidation sites excluding steroid dienone is 1. The first-order chi connectivity index (χ1) is 8.24. The molecule has 1 aromatic rings. The quantitative estimate of drug-likeness (QED) is 0.725. The van der Waals surface area contributed by atoms with E-state index in [0.717, 1.165) is 11.3 Å². The molecule has 1 heteroatoms. The lowest BCUT2D eigenvalue weighted by atomic mass is 9.65. The molecule has 0 spiro atoms. The molecule has 0 saturated carbocycles. The Balaban J connectivity index is 3.32. The summed E-state index contributed by atoms with van der Waals surface area (Å²) in [5.41, 5.74) is 2.84. The largest absolute Gasteiger partial charge is 0.496 e. The molecule has 1 aromatic carbocycles. The Morgan fingerprint density at radius 2 is 1.67 bits per heavy atom. The van der Waals surface area contributed by atoms with E-state index in [-0.39, 0.29) is 10.8 Å². The maximum atomic E-state index is 5.40. The Bertz CT molecular complexity index is 433. The van der Waals surface area contributed by atoms with Gasteiger partial charge in [0.15, 0.2) is 0 Å². The van der Waals surface area contributed by atoms with Gasteiger partial charge in [-0.25, -0.2) is 0 Å². The first-order valence-electron chi connectivity index (χ1n) is 6.55. The molecule has 1 nitrogen and oxygen atoms in total. The highest BCUT2D eigenvalue weighted by Gasteiger charge is 2.34. The highest BCUT2D eigenvalue weighted by molar-refractivity contribution is 5.59. The van der Waals surface area contributed by atoms with Crippen LogP contribution in [0.5, 0.6) is 5.75 Å². The Kier molecular flexibility index (Phi) is 4.26. The third-order valence-electron chi connectivity index (χ3n) is 4.17. The fourth-order valence-corrected chi connectivity index (χ4v) is 1.87. The molecule has 0 radical (unpaired) electrons. The number of methoxy groups -OCH3 is 1. The van der Waals surface area contributed by atoms with Crippen molar-refractivity contribution in [2.75, 3.05) is 7.11 Å². The van der Waals surface area contributed by atoms with Crippen LogP contribution in [-0.4, -0.2) is 7.11 Å². The zero-order valence-corrected chi connectivity index (χ0v) is 12.8. The highest BCUT2D eigenvalue weighted by Crippen LogP contribution is 2.42. The molecule has 1 rings (SSSR count). The van der Waals surface area contributed by atoms with Gasteiger partial charge in [0.2, 0.25) is 0 Å². The molecule has 0 aliphatic carbocycles. The van der Waals surface area contributed by atoms with E-state index >= 15 is 0 Å². The van der Waals surface area contributed by atoms with Crippen LogP contribution in [0.1, 0.15) is 52.7 Å². The van der Waals surface area contributed by atoms with E-state index < -0.39 is 0 Å². The van der Waals surface area contributed by atoms with Crippen molar-refractivity contribution in [2.24, 2.45) is 5.41 Å². The topological polar surface area (TPSA) is 9.23 Å². The number of hydrogen-bond donors (Lipinski definition) is 0. The summed E-state index contributed by atoms with van der Waals surface area (Å²) in [5.74, 6) is 0.932. The smallest absolute Gasteiger partial charge is 0.126 e. The molecule has 0 N–H and O–H groups in total. The van der Waals surface area contributed by atoms with Crippen molar-refractivity contribution >= 4 is 6.08 Å². The zero-order chi connectivity index (χ0) is 14.0. The Morgan fingerprint density at radius 3 is 2.11 bits per heavy atom. The normalized spacial score (nSPS) is 13.1. The van der Waals surface area contributed by atoms with Crippen LogP contribution >= 0.6 is 0 Å². The van der Waals surface area contributed by atoms with Crippen molar-refractivity contribution in [3.63, 3.8) is 0 Å². The number of benzene rings is 1. The third-order valence-corrected chi connectivity index (χ3v) is 4.17. The summed E-state index contributed by atoms with van der Waals surface area (Å²) < 4.78 is 5.40. The van der Waals surface area contributed by atoms with Gasteiger partial charge in [-0.1, -0.05) is 52.8 Å². The molecule has 0 unspecified atom stereocenters. The first-order valence-corrected chi connectivity index (χ1v) is 6.55. The van der Waals surface area contributed by atoms with Crippen LogP contribution in [0.25, 0.3) is 6.08 Å². The maximum Gasteiger partial charge on any atom is 0.126 e. The minimum Gasteiger partial charge on any atom is -0.496 e.